The summed E-state index contributed by atoms with van der Waals surface area (Å²) in [5, 5.41) is 17.5. The lowest BCUT2D eigenvalue weighted by Gasteiger charge is -2.09. The average Bonchev–Trinajstić information content (AvgIpc) is 2.14. The number of rotatable bonds is 4. The molecule has 1 aromatic carbocycles. The van der Waals surface area contributed by atoms with E-state index in [-0.39, 0.29) is 13.2 Å². The zero-order chi connectivity index (χ0) is 9.68. The Morgan fingerprint density at radius 2 is 2.23 bits per heavy atom. The van der Waals surface area contributed by atoms with Crippen molar-refractivity contribution in [3.05, 3.63) is 28.7 Å². The Bertz CT molecular complexity index is 265. The van der Waals surface area contributed by atoms with E-state index in [1.807, 2.05) is 12.1 Å². The van der Waals surface area contributed by atoms with E-state index in [1.54, 1.807) is 12.1 Å². The molecule has 0 aliphatic rings. The second kappa shape index (κ2) is 5.21. The quantitative estimate of drug-likeness (QED) is 0.839. The van der Waals surface area contributed by atoms with Crippen molar-refractivity contribution in [1.29, 1.82) is 0 Å². The van der Waals surface area contributed by atoms with Gasteiger partial charge in [-0.1, -0.05) is 22.0 Å². The number of halogens is 1. The van der Waals surface area contributed by atoms with E-state index in [9.17, 15) is 0 Å². The van der Waals surface area contributed by atoms with E-state index >= 15 is 0 Å². The lowest BCUT2D eigenvalue weighted by Crippen LogP contribution is -2.21. The fourth-order valence-corrected chi connectivity index (χ4v) is 1.18. The van der Waals surface area contributed by atoms with E-state index in [1.165, 1.54) is 0 Å². The van der Waals surface area contributed by atoms with Crippen molar-refractivity contribution in [2.75, 3.05) is 13.2 Å². The summed E-state index contributed by atoms with van der Waals surface area (Å²) in [5.41, 5.74) is 0. The van der Waals surface area contributed by atoms with Crippen LogP contribution in [-0.4, -0.2) is 29.5 Å². The molecule has 0 heterocycles. The summed E-state index contributed by atoms with van der Waals surface area (Å²) in [6.07, 6.45) is -0.820. The van der Waals surface area contributed by atoms with Gasteiger partial charge in [0.25, 0.3) is 0 Å². The fourth-order valence-electron chi connectivity index (χ4n) is 0.802. The summed E-state index contributed by atoms with van der Waals surface area (Å²) >= 11 is 3.29. The molecule has 1 atom stereocenters. The summed E-state index contributed by atoms with van der Waals surface area (Å²) in [4.78, 5) is 0. The van der Waals surface area contributed by atoms with Gasteiger partial charge in [-0.15, -0.1) is 0 Å². The first-order valence-corrected chi connectivity index (χ1v) is 4.69. The van der Waals surface area contributed by atoms with Gasteiger partial charge in [0.2, 0.25) is 0 Å². The van der Waals surface area contributed by atoms with Gasteiger partial charge in [0.15, 0.2) is 0 Å². The Balaban J connectivity index is 2.45. The Kier molecular flexibility index (Phi) is 4.21. The van der Waals surface area contributed by atoms with Crippen molar-refractivity contribution in [2.45, 2.75) is 6.10 Å². The minimum Gasteiger partial charge on any atom is -0.491 e. The van der Waals surface area contributed by atoms with E-state index in [2.05, 4.69) is 15.9 Å². The molecule has 0 saturated heterocycles. The molecule has 2 N–H and O–H groups in total. The van der Waals surface area contributed by atoms with E-state index in [0.29, 0.717) is 5.75 Å². The molecular formula is C9H11BrO3. The third-order valence-electron chi connectivity index (χ3n) is 1.45. The zero-order valence-corrected chi connectivity index (χ0v) is 8.57. The smallest absolute Gasteiger partial charge is 0.120 e. The molecule has 0 spiro atoms. The van der Waals surface area contributed by atoms with Gasteiger partial charge >= 0.3 is 0 Å². The van der Waals surface area contributed by atoms with Crippen LogP contribution in [0, 0.1) is 0 Å². The van der Waals surface area contributed by atoms with Gasteiger partial charge in [-0.2, -0.15) is 0 Å². The third kappa shape index (κ3) is 3.76. The van der Waals surface area contributed by atoms with Crippen molar-refractivity contribution < 1.29 is 14.9 Å². The molecule has 1 rings (SSSR count). The predicted octanol–water partition coefficient (Wildman–Crippen LogP) is 1.18. The number of hydrogen-bond donors (Lipinski definition) is 2. The third-order valence-corrected chi connectivity index (χ3v) is 1.94. The first-order valence-electron chi connectivity index (χ1n) is 3.89. The highest BCUT2D eigenvalue weighted by molar-refractivity contribution is 9.10. The van der Waals surface area contributed by atoms with Crippen LogP contribution in [0.3, 0.4) is 0 Å². The fraction of sp³-hybridized carbons (Fsp3) is 0.333. The maximum absolute atomic E-state index is 9.00. The molecule has 4 heteroatoms. The first kappa shape index (κ1) is 10.5. The van der Waals surface area contributed by atoms with Gasteiger partial charge in [-0.3, -0.25) is 0 Å². The van der Waals surface area contributed by atoms with E-state index in [0.717, 1.165) is 4.47 Å². The summed E-state index contributed by atoms with van der Waals surface area (Å²) in [7, 11) is 0. The van der Waals surface area contributed by atoms with Crippen LogP contribution in [-0.2, 0) is 0 Å². The van der Waals surface area contributed by atoms with Crippen molar-refractivity contribution in [3.8, 4) is 5.75 Å². The summed E-state index contributed by atoms with van der Waals surface area (Å²) < 4.78 is 6.12. The van der Waals surface area contributed by atoms with Crippen LogP contribution in [0.25, 0.3) is 0 Å². The zero-order valence-electron chi connectivity index (χ0n) is 6.98. The van der Waals surface area contributed by atoms with Crippen LogP contribution in [0.2, 0.25) is 0 Å². The minimum absolute atomic E-state index is 0.104. The second-order valence-corrected chi connectivity index (χ2v) is 3.52. The predicted molar refractivity (Wildman–Crippen MR) is 52.7 cm³/mol. The molecule has 0 aromatic heterocycles. The highest BCUT2D eigenvalue weighted by Crippen LogP contribution is 2.17. The number of aliphatic hydroxyl groups excluding tert-OH is 2. The van der Waals surface area contributed by atoms with Gasteiger partial charge in [0.05, 0.1) is 6.61 Å². The van der Waals surface area contributed by atoms with Crippen LogP contribution in [0.4, 0.5) is 0 Å². The van der Waals surface area contributed by atoms with Crippen LogP contribution in [0.5, 0.6) is 5.75 Å². The molecule has 0 fully saturated rings. The molecule has 0 aliphatic carbocycles. The minimum atomic E-state index is -0.820. The average molecular weight is 247 g/mol. The van der Waals surface area contributed by atoms with Gasteiger partial charge in [0, 0.05) is 4.47 Å². The lowest BCUT2D eigenvalue weighted by atomic mass is 10.3. The molecule has 0 unspecified atom stereocenters. The molecule has 0 radical (unpaired) electrons. The monoisotopic (exact) mass is 246 g/mol. The van der Waals surface area contributed by atoms with Crippen LogP contribution >= 0.6 is 15.9 Å². The maximum Gasteiger partial charge on any atom is 0.120 e. The van der Waals surface area contributed by atoms with E-state index < -0.39 is 6.10 Å². The normalized spacial score (nSPS) is 12.5. The number of aliphatic hydroxyl groups is 2. The summed E-state index contributed by atoms with van der Waals surface area (Å²) in [6.45, 7) is -0.180. The molecule has 72 valence electrons. The van der Waals surface area contributed by atoms with Crippen LogP contribution in [0.1, 0.15) is 0 Å². The number of ether oxygens (including phenoxy) is 1. The molecule has 0 aliphatic heterocycles. The highest BCUT2D eigenvalue weighted by Gasteiger charge is 2.02. The molecule has 1 aromatic rings. The van der Waals surface area contributed by atoms with Crippen LogP contribution in [0.15, 0.2) is 28.7 Å². The van der Waals surface area contributed by atoms with Gasteiger partial charge in [-0.25, -0.2) is 0 Å². The molecule has 3 nitrogen and oxygen atoms in total. The number of hydrogen-bond acceptors (Lipinski definition) is 3. The molecular weight excluding hydrogens is 236 g/mol. The van der Waals surface area contributed by atoms with E-state index in [4.69, 9.17) is 14.9 Å². The molecule has 0 amide bonds. The van der Waals surface area contributed by atoms with Crippen LogP contribution < -0.4 is 4.74 Å². The van der Waals surface area contributed by atoms with Gasteiger partial charge < -0.3 is 14.9 Å². The van der Waals surface area contributed by atoms with Gasteiger partial charge in [0.1, 0.15) is 18.5 Å². The first-order chi connectivity index (χ1) is 6.22. The summed E-state index contributed by atoms with van der Waals surface area (Å²) in [5.74, 6) is 0.668. The van der Waals surface area contributed by atoms with Crippen molar-refractivity contribution in [1.82, 2.24) is 0 Å². The maximum atomic E-state index is 9.00. The highest BCUT2D eigenvalue weighted by atomic mass is 79.9. The molecule has 0 bridgehead atoms. The number of benzene rings is 1. The molecule has 13 heavy (non-hydrogen) atoms. The van der Waals surface area contributed by atoms with Gasteiger partial charge in [-0.05, 0) is 18.2 Å². The standard InChI is InChI=1S/C9H11BrO3/c10-7-2-1-3-9(4-7)13-6-8(12)5-11/h1-4,8,11-12H,5-6H2/t8-/m1/s1. The topological polar surface area (TPSA) is 49.7 Å². The molecule has 0 saturated carbocycles. The summed E-state index contributed by atoms with van der Waals surface area (Å²) in [6, 6.07) is 7.30. The van der Waals surface area contributed by atoms with Crippen molar-refractivity contribution in [3.63, 3.8) is 0 Å². The lowest BCUT2D eigenvalue weighted by molar-refractivity contribution is 0.0536. The Morgan fingerprint density at radius 3 is 2.85 bits per heavy atom. The van der Waals surface area contributed by atoms with Crippen molar-refractivity contribution >= 4 is 15.9 Å². The van der Waals surface area contributed by atoms with Crippen molar-refractivity contribution in [2.24, 2.45) is 0 Å². The largest absolute Gasteiger partial charge is 0.491 e. The Labute approximate surface area is 85.1 Å². The second-order valence-electron chi connectivity index (χ2n) is 2.60. The Morgan fingerprint density at radius 1 is 1.46 bits per heavy atom. The Hall–Kier alpha value is -0.580. The SMILES string of the molecule is OC[C@@H](O)COc1cccc(Br)c1.